The fourth-order valence-electron chi connectivity index (χ4n) is 1.83. The summed E-state index contributed by atoms with van der Waals surface area (Å²) in [5.74, 6) is 0.749. The predicted octanol–water partition coefficient (Wildman–Crippen LogP) is 1.52. The van der Waals surface area contributed by atoms with E-state index in [2.05, 4.69) is 0 Å². The van der Waals surface area contributed by atoms with Gasteiger partial charge >= 0.3 is 5.97 Å². The van der Waals surface area contributed by atoms with Crippen LogP contribution in [0.1, 0.15) is 5.56 Å². The van der Waals surface area contributed by atoms with E-state index in [0.717, 1.165) is 0 Å². The molecule has 0 aromatic heterocycles. The van der Waals surface area contributed by atoms with Crippen molar-refractivity contribution in [1.29, 1.82) is 5.26 Å². The monoisotopic (exact) mass is 305 g/mol. The molecular formula is C15H15NO6. The SMILES string of the molecule is COCCOC(=O)/C(C#N)=C/c1cc(OC)c2c(c1)OCO2. The van der Waals surface area contributed by atoms with E-state index in [1.165, 1.54) is 20.3 Å². The number of carbonyl (C=O) groups is 1. The molecule has 116 valence electrons. The first-order chi connectivity index (χ1) is 10.7. The van der Waals surface area contributed by atoms with Gasteiger partial charge in [-0.1, -0.05) is 0 Å². The summed E-state index contributed by atoms with van der Waals surface area (Å²) in [5, 5.41) is 9.10. The van der Waals surface area contributed by atoms with Crippen molar-refractivity contribution in [3.05, 3.63) is 23.3 Å². The number of hydrogen-bond donors (Lipinski definition) is 0. The molecule has 0 N–H and O–H groups in total. The summed E-state index contributed by atoms with van der Waals surface area (Å²) in [4.78, 5) is 11.8. The Morgan fingerprint density at radius 3 is 2.86 bits per heavy atom. The molecule has 7 heteroatoms. The Morgan fingerprint density at radius 1 is 1.36 bits per heavy atom. The van der Waals surface area contributed by atoms with Crippen LogP contribution in [0.2, 0.25) is 0 Å². The first-order valence-electron chi connectivity index (χ1n) is 6.45. The lowest BCUT2D eigenvalue weighted by Crippen LogP contribution is -2.11. The number of methoxy groups -OCH3 is 2. The molecule has 0 atom stereocenters. The van der Waals surface area contributed by atoms with Gasteiger partial charge in [-0.2, -0.15) is 5.26 Å². The Balaban J connectivity index is 2.23. The van der Waals surface area contributed by atoms with Gasteiger partial charge in [0.1, 0.15) is 18.2 Å². The lowest BCUT2D eigenvalue weighted by atomic mass is 10.1. The number of hydrogen-bond acceptors (Lipinski definition) is 7. The van der Waals surface area contributed by atoms with E-state index in [1.54, 1.807) is 12.1 Å². The minimum absolute atomic E-state index is 0.0822. The number of nitrogens with zero attached hydrogens (tertiary/aromatic N) is 1. The summed E-state index contributed by atoms with van der Waals surface area (Å²) in [5.41, 5.74) is 0.443. The zero-order valence-corrected chi connectivity index (χ0v) is 12.3. The molecule has 7 nitrogen and oxygen atoms in total. The molecule has 1 aromatic carbocycles. The molecule has 0 unspecified atom stereocenters. The summed E-state index contributed by atoms with van der Waals surface area (Å²) in [6, 6.07) is 5.12. The van der Waals surface area contributed by atoms with Gasteiger partial charge in [0, 0.05) is 7.11 Å². The van der Waals surface area contributed by atoms with Crippen LogP contribution < -0.4 is 14.2 Å². The van der Waals surface area contributed by atoms with Crippen LogP contribution in [-0.2, 0) is 14.3 Å². The lowest BCUT2D eigenvalue weighted by molar-refractivity contribution is -0.139. The highest BCUT2D eigenvalue weighted by molar-refractivity contribution is 5.98. The van der Waals surface area contributed by atoms with Crippen LogP contribution in [-0.4, -0.2) is 40.2 Å². The van der Waals surface area contributed by atoms with Gasteiger partial charge in [0.05, 0.1) is 13.7 Å². The van der Waals surface area contributed by atoms with Crippen molar-refractivity contribution in [1.82, 2.24) is 0 Å². The van der Waals surface area contributed by atoms with Crippen LogP contribution in [0.15, 0.2) is 17.7 Å². The summed E-state index contributed by atoms with van der Waals surface area (Å²) in [6.45, 7) is 0.449. The zero-order chi connectivity index (χ0) is 15.9. The zero-order valence-electron chi connectivity index (χ0n) is 12.3. The van der Waals surface area contributed by atoms with Crippen LogP contribution in [0, 0.1) is 11.3 Å². The third-order valence-electron chi connectivity index (χ3n) is 2.85. The second-order valence-corrected chi connectivity index (χ2v) is 4.26. The van der Waals surface area contributed by atoms with Crippen LogP contribution in [0.4, 0.5) is 0 Å². The van der Waals surface area contributed by atoms with E-state index in [4.69, 9.17) is 28.9 Å². The van der Waals surface area contributed by atoms with Gasteiger partial charge in [-0.15, -0.1) is 0 Å². The van der Waals surface area contributed by atoms with E-state index >= 15 is 0 Å². The molecule has 0 radical (unpaired) electrons. The fraction of sp³-hybridized carbons (Fsp3) is 0.333. The standard InChI is InChI=1S/C15H15NO6/c1-18-3-4-20-15(17)11(8-16)5-10-6-12(19-2)14-13(7-10)21-9-22-14/h5-7H,3-4,9H2,1-2H3/b11-5+. The number of nitriles is 1. The van der Waals surface area contributed by atoms with Crippen molar-refractivity contribution < 1.29 is 28.5 Å². The highest BCUT2D eigenvalue weighted by atomic mass is 16.7. The number of benzene rings is 1. The second-order valence-electron chi connectivity index (χ2n) is 4.26. The first-order valence-corrected chi connectivity index (χ1v) is 6.45. The Kier molecular flexibility index (Phi) is 5.22. The molecule has 0 fully saturated rings. The molecule has 2 rings (SSSR count). The van der Waals surface area contributed by atoms with E-state index < -0.39 is 5.97 Å². The summed E-state index contributed by atoms with van der Waals surface area (Å²) in [7, 11) is 2.99. The molecule has 0 saturated carbocycles. The number of carbonyl (C=O) groups excluding carboxylic acids is 1. The Labute approximate surface area is 127 Å². The van der Waals surface area contributed by atoms with Crippen LogP contribution in [0.3, 0.4) is 0 Å². The van der Waals surface area contributed by atoms with E-state index in [0.29, 0.717) is 22.8 Å². The third kappa shape index (κ3) is 3.48. The molecule has 1 aliphatic rings. The maximum Gasteiger partial charge on any atom is 0.348 e. The molecule has 1 aromatic rings. The molecular weight excluding hydrogens is 290 g/mol. The van der Waals surface area contributed by atoms with Gasteiger partial charge in [0.25, 0.3) is 0 Å². The highest BCUT2D eigenvalue weighted by Crippen LogP contribution is 2.42. The van der Waals surface area contributed by atoms with Gasteiger partial charge in [0.15, 0.2) is 11.5 Å². The van der Waals surface area contributed by atoms with Crippen molar-refractivity contribution in [2.75, 3.05) is 34.2 Å². The van der Waals surface area contributed by atoms with Crippen LogP contribution in [0.25, 0.3) is 6.08 Å². The minimum Gasteiger partial charge on any atom is -0.493 e. The van der Waals surface area contributed by atoms with Gasteiger partial charge in [0.2, 0.25) is 12.5 Å². The van der Waals surface area contributed by atoms with Crippen LogP contribution in [0.5, 0.6) is 17.2 Å². The minimum atomic E-state index is -0.712. The summed E-state index contributed by atoms with van der Waals surface area (Å²) < 4.78 is 25.5. The smallest absolute Gasteiger partial charge is 0.348 e. The summed E-state index contributed by atoms with van der Waals surface area (Å²) in [6.07, 6.45) is 1.40. The Bertz CT molecular complexity index is 632. The molecule has 0 amide bonds. The molecule has 1 aliphatic heterocycles. The van der Waals surface area contributed by atoms with Crippen molar-refractivity contribution in [3.63, 3.8) is 0 Å². The first kappa shape index (κ1) is 15.7. The molecule has 0 spiro atoms. The number of esters is 1. The quantitative estimate of drug-likeness (QED) is 0.341. The maximum atomic E-state index is 11.8. The van der Waals surface area contributed by atoms with Gasteiger partial charge in [-0.25, -0.2) is 4.79 Å². The number of ether oxygens (including phenoxy) is 5. The molecule has 0 saturated heterocycles. The third-order valence-corrected chi connectivity index (χ3v) is 2.85. The molecule has 22 heavy (non-hydrogen) atoms. The van der Waals surface area contributed by atoms with Crippen molar-refractivity contribution in [3.8, 4) is 23.3 Å². The molecule has 0 aliphatic carbocycles. The number of rotatable bonds is 6. The van der Waals surface area contributed by atoms with Gasteiger partial charge in [-0.3, -0.25) is 0 Å². The van der Waals surface area contributed by atoms with Crippen molar-refractivity contribution in [2.45, 2.75) is 0 Å². The number of fused-ring (bicyclic) bond motifs is 1. The van der Waals surface area contributed by atoms with E-state index in [-0.39, 0.29) is 25.6 Å². The van der Waals surface area contributed by atoms with Crippen molar-refractivity contribution in [2.24, 2.45) is 0 Å². The summed E-state index contributed by atoms with van der Waals surface area (Å²) >= 11 is 0. The maximum absolute atomic E-state index is 11.8. The normalized spacial score (nSPS) is 12.7. The molecule has 1 heterocycles. The fourth-order valence-corrected chi connectivity index (χ4v) is 1.83. The van der Waals surface area contributed by atoms with Gasteiger partial charge < -0.3 is 23.7 Å². The molecule has 0 bridgehead atoms. The Hall–Kier alpha value is -2.72. The second kappa shape index (κ2) is 7.33. The van der Waals surface area contributed by atoms with Crippen LogP contribution >= 0.6 is 0 Å². The topological polar surface area (TPSA) is 87.0 Å². The van der Waals surface area contributed by atoms with E-state index in [9.17, 15) is 4.79 Å². The highest BCUT2D eigenvalue weighted by Gasteiger charge is 2.20. The van der Waals surface area contributed by atoms with Crippen molar-refractivity contribution >= 4 is 12.0 Å². The van der Waals surface area contributed by atoms with E-state index in [1.807, 2.05) is 6.07 Å². The van der Waals surface area contributed by atoms with Gasteiger partial charge in [-0.05, 0) is 23.8 Å². The predicted molar refractivity (Wildman–Crippen MR) is 75.5 cm³/mol. The average Bonchev–Trinajstić information content (AvgIpc) is 3.00. The largest absolute Gasteiger partial charge is 0.493 e. The Morgan fingerprint density at radius 2 is 2.18 bits per heavy atom. The average molecular weight is 305 g/mol. The lowest BCUT2D eigenvalue weighted by Gasteiger charge is -2.06.